The van der Waals surface area contributed by atoms with Crippen molar-refractivity contribution >= 4 is 0 Å². The molecule has 4 heteroatoms. The fourth-order valence-corrected chi connectivity index (χ4v) is 3.03. The Labute approximate surface area is 113 Å². The molecule has 0 radical (unpaired) electrons. The van der Waals surface area contributed by atoms with Gasteiger partial charge in [0.2, 0.25) is 0 Å². The average molecular weight is 264 g/mol. The zero-order valence-electron chi connectivity index (χ0n) is 11.2. The van der Waals surface area contributed by atoms with Crippen molar-refractivity contribution in [1.29, 1.82) is 0 Å². The SMILES string of the molecule is COc1ccc2c(c1)[C@@H](O)CC1(CCCOCC1)O2. The lowest BCUT2D eigenvalue weighted by atomic mass is 9.83. The van der Waals surface area contributed by atoms with E-state index < -0.39 is 6.10 Å². The molecule has 1 fully saturated rings. The zero-order chi connectivity index (χ0) is 13.3. The number of hydrogen-bond donors (Lipinski definition) is 1. The number of aliphatic hydroxyl groups excluding tert-OH is 1. The van der Waals surface area contributed by atoms with Crippen molar-refractivity contribution in [3.8, 4) is 11.5 Å². The molecule has 1 aromatic rings. The minimum absolute atomic E-state index is 0.266. The highest BCUT2D eigenvalue weighted by atomic mass is 16.5. The van der Waals surface area contributed by atoms with Gasteiger partial charge in [-0.15, -0.1) is 0 Å². The number of methoxy groups -OCH3 is 1. The van der Waals surface area contributed by atoms with Crippen molar-refractivity contribution in [3.05, 3.63) is 23.8 Å². The first kappa shape index (κ1) is 12.8. The van der Waals surface area contributed by atoms with Crippen LogP contribution in [0.15, 0.2) is 18.2 Å². The summed E-state index contributed by atoms with van der Waals surface area (Å²) >= 11 is 0. The van der Waals surface area contributed by atoms with Crippen LogP contribution in [0, 0.1) is 0 Å². The van der Waals surface area contributed by atoms with Crippen LogP contribution >= 0.6 is 0 Å². The maximum absolute atomic E-state index is 10.4. The minimum Gasteiger partial charge on any atom is -0.497 e. The van der Waals surface area contributed by atoms with Crippen molar-refractivity contribution in [2.45, 2.75) is 37.4 Å². The molecule has 0 saturated carbocycles. The summed E-state index contributed by atoms with van der Waals surface area (Å²) in [6.07, 6.45) is 2.91. The summed E-state index contributed by atoms with van der Waals surface area (Å²) in [6, 6.07) is 5.63. The Hall–Kier alpha value is -1.26. The molecular formula is C15H20O4. The maximum atomic E-state index is 10.4. The number of hydrogen-bond acceptors (Lipinski definition) is 4. The molecule has 3 rings (SSSR count). The van der Waals surface area contributed by atoms with E-state index >= 15 is 0 Å². The summed E-state index contributed by atoms with van der Waals surface area (Å²) in [5.41, 5.74) is 0.562. The van der Waals surface area contributed by atoms with Crippen molar-refractivity contribution in [2.75, 3.05) is 20.3 Å². The first-order valence-corrected chi connectivity index (χ1v) is 6.85. The molecule has 0 aromatic heterocycles. The second kappa shape index (κ2) is 5.02. The minimum atomic E-state index is -0.489. The molecule has 2 aliphatic rings. The molecule has 19 heavy (non-hydrogen) atoms. The molecular weight excluding hydrogens is 244 g/mol. The molecule has 2 heterocycles. The lowest BCUT2D eigenvalue weighted by molar-refractivity contribution is -0.0273. The predicted octanol–water partition coefficient (Wildman–Crippen LogP) is 2.45. The Bertz CT molecular complexity index is 449. The normalized spacial score (nSPS) is 30.3. The van der Waals surface area contributed by atoms with E-state index in [0.29, 0.717) is 13.0 Å². The first-order chi connectivity index (χ1) is 9.22. The predicted molar refractivity (Wildman–Crippen MR) is 70.6 cm³/mol. The number of rotatable bonds is 1. The second-order valence-corrected chi connectivity index (χ2v) is 5.37. The largest absolute Gasteiger partial charge is 0.497 e. The molecule has 0 bridgehead atoms. The van der Waals surface area contributed by atoms with Gasteiger partial charge in [0.1, 0.15) is 17.1 Å². The van der Waals surface area contributed by atoms with Crippen LogP contribution in [0.3, 0.4) is 0 Å². The van der Waals surface area contributed by atoms with Crippen LogP contribution in [-0.4, -0.2) is 31.0 Å². The van der Waals surface area contributed by atoms with Crippen molar-refractivity contribution in [2.24, 2.45) is 0 Å². The van der Waals surface area contributed by atoms with Crippen LogP contribution < -0.4 is 9.47 Å². The highest BCUT2D eigenvalue weighted by molar-refractivity contribution is 5.43. The summed E-state index contributed by atoms with van der Waals surface area (Å²) in [7, 11) is 1.63. The molecule has 1 spiro atoms. The first-order valence-electron chi connectivity index (χ1n) is 6.85. The van der Waals surface area contributed by atoms with Gasteiger partial charge in [-0.25, -0.2) is 0 Å². The number of aliphatic hydroxyl groups is 1. The molecule has 1 saturated heterocycles. The van der Waals surface area contributed by atoms with E-state index in [1.54, 1.807) is 7.11 Å². The molecule has 2 aliphatic heterocycles. The van der Waals surface area contributed by atoms with Crippen molar-refractivity contribution in [1.82, 2.24) is 0 Å². The molecule has 1 unspecified atom stereocenters. The van der Waals surface area contributed by atoms with E-state index in [0.717, 1.165) is 42.9 Å². The summed E-state index contributed by atoms with van der Waals surface area (Å²) < 4.78 is 16.9. The van der Waals surface area contributed by atoms with E-state index in [4.69, 9.17) is 14.2 Å². The zero-order valence-corrected chi connectivity index (χ0v) is 11.2. The van der Waals surface area contributed by atoms with E-state index in [1.807, 2.05) is 18.2 Å². The van der Waals surface area contributed by atoms with Gasteiger partial charge in [0.05, 0.1) is 19.8 Å². The third-order valence-electron chi connectivity index (χ3n) is 4.09. The van der Waals surface area contributed by atoms with Gasteiger partial charge in [-0.05, 0) is 31.0 Å². The topological polar surface area (TPSA) is 47.9 Å². The molecule has 0 amide bonds. The molecule has 4 nitrogen and oxygen atoms in total. The lowest BCUT2D eigenvalue weighted by Crippen LogP contribution is -2.41. The Kier molecular flexibility index (Phi) is 3.37. The maximum Gasteiger partial charge on any atom is 0.126 e. The smallest absolute Gasteiger partial charge is 0.126 e. The molecule has 2 atom stereocenters. The van der Waals surface area contributed by atoms with Gasteiger partial charge in [0.15, 0.2) is 0 Å². The lowest BCUT2D eigenvalue weighted by Gasteiger charge is -2.40. The van der Waals surface area contributed by atoms with Crippen LogP contribution in [0.2, 0.25) is 0 Å². The Balaban J connectivity index is 1.90. The van der Waals surface area contributed by atoms with Gasteiger partial charge in [-0.1, -0.05) is 0 Å². The average Bonchev–Trinajstić information content (AvgIpc) is 2.64. The third kappa shape index (κ3) is 2.42. The number of fused-ring (bicyclic) bond motifs is 1. The van der Waals surface area contributed by atoms with E-state index in [9.17, 15) is 5.11 Å². The quantitative estimate of drug-likeness (QED) is 0.846. The van der Waals surface area contributed by atoms with Crippen LogP contribution in [0.5, 0.6) is 11.5 Å². The number of ether oxygens (including phenoxy) is 3. The van der Waals surface area contributed by atoms with Crippen LogP contribution in [0.1, 0.15) is 37.4 Å². The van der Waals surface area contributed by atoms with Crippen LogP contribution in [0.25, 0.3) is 0 Å². The van der Waals surface area contributed by atoms with Gasteiger partial charge in [0.25, 0.3) is 0 Å². The van der Waals surface area contributed by atoms with E-state index in [1.165, 1.54) is 0 Å². The molecule has 104 valence electrons. The molecule has 1 N–H and O–H groups in total. The Morgan fingerprint density at radius 3 is 3.05 bits per heavy atom. The highest BCUT2D eigenvalue weighted by Crippen LogP contribution is 2.45. The molecule has 1 aromatic carbocycles. The van der Waals surface area contributed by atoms with Gasteiger partial charge < -0.3 is 19.3 Å². The monoisotopic (exact) mass is 264 g/mol. The van der Waals surface area contributed by atoms with Gasteiger partial charge >= 0.3 is 0 Å². The van der Waals surface area contributed by atoms with Gasteiger partial charge in [-0.3, -0.25) is 0 Å². The summed E-state index contributed by atoms with van der Waals surface area (Å²) in [5.74, 6) is 1.53. The Morgan fingerprint density at radius 2 is 2.21 bits per heavy atom. The molecule has 0 aliphatic carbocycles. The second-order valence-electron chi connectivity index (χ2n) is 5.37. The standard InChI is InChI=1S/C15H20O4/c1-17-11-3-4-14-12(9-11)13(16)10-15(19-14)5-2-7-18-8-6-15/h3-4,9,13,16H,2,5-8,10H2,1H3/t13-,15?/m0/s1. The summed E-state index contributed by atoms with van der Waals surface area (Å²) in [6.45, 7) is 1.49. The summed E-state index contributed by atoms with van der Waals surface area (Å²) in [4.78, 5) is 0. The van der Waals surface area contributed by atoms with E-state index in [2.05, 4.69) is 0 Å². The van der Waals surface area contributed by atoms with Crippen molar-refractivity contribution < 1.29 is 19.3 Å². The number of benzene rings is 1. The Morgan fingerprint density at radius 1 is 1.32 bits per heavy atom. The van der Waals surface area contributed by atoms with Gasteiger partial charge in [-0.2, -0.15) is 0 Å². The van der Waals surface area contributed by atoms with Crippen molar-refractivity contribution in [3.63, 3.8) is 0 Å². The fourth-order valence-electron chi connectivity index (χ4n) is 3.03. The van der Waals surface area contributed by atoms with E-state index in [-0.39, 0.29) is 5.60 Å². The third-order valence-corrected chi connectivity index (χ3v) is 4.09. The van der Waals surface area contributed by atoms with Crippen LogP contribution in [-0.2, 0) is 4.74 Å². The fraction of sp³-hybridized carbons (Fsp3) is 0.600. The highest BCUT2D eigenvalue weighted by Gasteiger charge is 2.40. The van der Waals surface area contributed by atoms with Crippen LogP contribution in [0.4, 0.5) is 0 Å². The van der Waals surface area contributed by atoms with Gasteiger partial charge in [0, 0.05) is 25.0 Å². The summed E-state index contributed by atoms with van der Waals surface area (Å²) in [5, 5.41) is 10.4.